The Bertz CT molecular complexity index is 511. The SMILES string of the molecule is C=CCN1CC[C@H]2[C@H]1CCN2C(=O)c1ccc(C)nc1. The van der Waals surface area contributed by atoms with Crippen LogP contribution in [0, 0.1) is 6.92 Å². The second-order valence-electron chi connectivity index (χ2n) is 5.68. The Morgan fingerprint density at radius 3 is 2.90 bits per heavy atom. The third kappa shape index (κ3) is 2.24. The number of aryl methyl sites for hydroxylation is 1. The van der Waals surface area contributed by atoms with Crippen LogP contribution in [0.25, 0.3) is 0 Å². The average Bonchev–Trinajstić information content (AvgIpc) is 3.02. The summed E-state index contributed by atoms with van der Waals surface area (Å²) < 4.78 is 0. The number of hydrogen-bond acceptors (Lipinski definition) is 3. The van der Waals surface area contributed by atoms with Crippen molar-refractivity contribution in [1.29, 1.82) is 0 Å². The Morgan fingerprint density at radius 1 is 1.40 bits per heavy atom. The lowest BCUT2D eigenvalue weighted by Gasteiger charge is -2.25. The van der Waals surface area contributed by atoms with E-state index < -0.39 is 0 Å². The molecule has 0 N–H and O–H groups in total. The molecule has 1 aromatic heterocycles. The van der Waals surface area contributed by atoms with Crippen LogP contribution in [0.5, 0.6) is 0 Å². The van der Waals surface area contributed by atoms with Gasteiger partial charge in [-0.2, -0.15) is 0 Å². The molecule has 0 bridgehead atoms. The minimum Gasteiger partial charge on any atom is -0.334 e. The van der Waals surface area contributed by atoms with Crippen LogP contribution < -0.4 is 0 Å². The summed E-state index contributed by atoms with van der Waals surface area (Å²) >= 11 is 0. The highest BCUT2D eigenvalue weighted by atomic mass is 16.2. The van der Waals surface area contributed by atoms with E-state index in [-0.39, 0.29) is 5.91 Å². The summed E-state index contributed by atoms with van der Waals surface area (Å²) in [5, 5.41) is 0. The summed E-state index contributed by atoms with van der Waals surface area (Å²) in [6, 6.07) is 4.66. The largest absolute Gasteiger partial charge is 0.334 e. The second-order valence-corrected chi connectivity index (χ2v) is 5.68. The topological polar surface area (TPSA) is 36.4 Å². The highest BCUT2D eigenvalue weighted by Crippen LogP contribution is 2.32. The van der Waals surface area contributed by atoms with Crippen molar-refractivity contribution < 1.29 is 4.79 Å². The highest BCUT2D eigenvalue weighted by molar-refractivity contribution is 5.94. The quantitative estimate of drug-likeness (QED) is 0.787. The van der Waals surface area contributed by atoms with Gasteiger partial charge in [0.05, 0.1) is 5.56 Å². The molecule has 3 rings (SSSR count). The molecule has 4 nitrogen and oxygen atoms in total. The van der Waals surface area contributed by atoms with E-state index in [4.69, 9.17) is 0 Å². The van der Waals surface area contributed by atoms with Crippen molar-refractivity contribution in [1.82, 2.24) is 14.8 Å². The van der Waals surface area contributed by atoms with Gasteiger partial charge in [0, 0.05) is 43.6 Å². The van der Waals surface area contributed by atoms with Gasteiger partial charge in [-0.25, -0.2) is 0 Å². The molecule has 0 aromatic carbocycles. The van der Waals surface area contributed by atoms with Gasteiger partial charge >= 0.3 is 0 Å². The molecule has 0 saturated carbocycles. The third-order valence-corrected chi connectivity index (χ3v) is 4.47. The Morgan fingerprint density at radius 2 is 2.20 bits per heavy atom. The van der Waals surface area contributed by atoms with Gasteiger partial charge in [0.2, 0.25) is 0 Å². The Labute approximate surface area is 120 Å². The highest BCUT2D eigenvalue weighted by Gasteiger charge is 2.43. The number of pyridine rings is 1. The Hall–Kier alpha value is -1.68. The molecule has 2 aliphatic rings. The summed E-state index contributed by atoms with van der Waals surface area (Å²) in [6.07, 6.45) is 5.80. The summed E-state index contributed by atoms with van der Waals surface area (Å²) in [6.45, 7) is 8.60. The zero-order valence-corrected chi connectivity index (χ0v) is 12.0. The number of likely N-dealkylation sites (tertiary alicyclic amines) is 2. The average molecular weight is 271 g/mol. The van der Waals surface area contributed by atoms with Gasteiger partial charge in [-0.1, -0.05) is 6.08 Å². The maximum absolute atomic E-state index is 12.6. The standard InChI is InChI=1S/C16H21N3O/c1-3-8-18-9-6-15-14(18)7-10-19(15)16(20)13-5-4-12(2)17-11-13/h3-5,11,14-15H,1,6-10H2,2H3/t14-,15+/m1/s1. The summed E-state index contributed by atoms with van der Waals surface area (Å²) in [5.41, 5.74) is 1.65. The van der Waals surface area contributed by atoms with Gasteiger partial charge in [0.25, 0.3) is 5.91 Å². The molecule has 0 radical (unpaired) electrons. The van der Waals surface area contributed by atoms with Gasteiger partial charge in [-0.3, -0.25) is 14.7 Å². The molecule has 0 unspecified atom stereocenters. The van der Waals surface area contributed by atoms with Crippen molar-refractivity contribution in [2.75, 3.05) is 19.6 Å². The number of aromatic nitrogens is 1. The normalized spacial score (nSPS) is 25.8. The first kappa shape index (κ1) is 13.3. The number of fused-ring (bicyclic) bond motifs is 1. The molecular formula is C16H21N3O. The van der Waals surface area contributed by atoms with Crippen molar-refractivity contribution in [2.45, 2.75) is 31.8 Å². The van der Waals surface area contributed by atoms with Crippen LogP contribution in [-0.2, 0) is 0 Å². The predicted molar refractivity (Wildman–Crippen MR) is 78.6 cm³/mol. The lowest BCUT2D eigenvalue weighted by Crippen LogP contribution is -2.39. The van der Waals surface area contributed by atoms with Crippen LogP contribution in [0.15, 0.2) is 31.0 Å². The fourth-order valence-electron chi connectivity index (χ4n) is 3.48. The molecular weight excluding hydrogens is 250 g/mol. The molecule has 2 aliphatic heterocycles. The van der Waals surface area contributed by atoms with Crippen LogP contribution in [0.1, 0.15) is 28.9 Å². The number of nitrogens with zero attached hydrogens (tertiary/aromatic N) is 3. The van der Waals surface area contributed by atoms with Gasteiger partial charge in [0.15, 0.2) is 0 Å². The number of rotatable bonds is 3. The van der Waals surface area contributed by atoms with E-state index in [2.05, 4.69) is 16.5 Å². The van der Waals surface area contributed by atoms with E-state index in [1.165, 1.54) is 0 Å². The molecule has 3 heterocycles. The zero-order chi connectivity index (χ0) is 14.1. The van der Waals surface area contributed by atoms with E-state index in [9.17, 15) is 4.79 Å². The molecule has 1 amide bonds. The van der Waals surface area contributed by atoms with E-state index in [0.717, 1.165) is 38.2 Å². The molecule has 2 saturated heterocycles. The van der Waals surface area contributed by atoms with Crippen molar-refractivity contribution >= 4 is 5.91 Å². The summed E-state index contributed by atoms with van der Waals surface area (Å²) in [4.78, 5) is 21.3. The van der Waals surface area contributed by atoms with Crippen LogP contribution in [0.4, 0.5) is 0 Å². The lowest BCUT2D eigenvalue weighted by molar-refractivity contribution is 0.0732. The zero-order valence-electron chi connectivity index (χ0n) is 12.0. The first-order chi connectivity index (χ1) is 9.70. The van der Waals surface area contributed by atoms with Crippen molar-refractivity contribution in [3.8, 4) is 0 Å². The summed E-state index contributed by atoms with van der Waals surface area (Å²) in [5.74, 6) is 0.130. The molecule has 1 aromatic rings. The molecule has 2 fully saturated rings. The lowest BCUT2D eigenvalue weighted by atomic mass is 10.1. The Kier molecular flexibility index (Phi) is 3.57. The smallest absolute Gasteiger partial charge is 0.255 e. The van der Waals surface area contributed by atoms with Crippen molar-refractivity contribution in [3.05, 3.63) is 42.2 Å². The minimum absolute atomic E-state index is 0.130. The summed E-state index contributed by atoms with van der Waals surface area (Å²) in [7, 11) is 0. The van der Waals surface area contributed by atoms with Crippen LogP contribution >= 0.6 is 0 Å². The monoisotopic (exact) mass is 271 g/mol. The fourth-order valence-corrected chi connectivity index (χ4v) is 3.48. The second kappa shape index (κ2) is 5.37. The molecule has 106 valence electrons. The predicted octanol–water partition coefficient (Wildman–Crippen LogP) is 1.86. The van der Waals surface area contributed by atoms with Gasteiger partial charge in [0.1, 0.15) is 0 Å². The molecule has 0 spiro atoms. The first-order valence-electron chi connectivity index (χ1n) is 7.29. The molecule has 2 atom stereocenters. The van der Waals surface area contributed by atoms with Gasteiger partial charge in [-0.05, 0) is 31.9 Å². The van der Waals surface area contributed by atoms with E-state index in [0.29, 0.717) is 17.6 Å². The Balaban J connectivity index is 1.74. The van der Waals surface area contributed by atoms with Crippen molar-refractivity contribution in [3.63, 3.8) is 0 Å². The molecule has 4 heteroatoms. The number of carbonyl (C=O) groups excluding carboxylic acids is 1. The van der Waals surface area contributed by atoms with Gasteiger partial charge < -0.3 is 4.90 Å². The fraction of sp³-hybridized carbons (Fsp3) is 0.500. The third-order valence-electron chi connectivity index (χ3n) is 4.47. The number of carbonyl (C=O) groups is 1. The maximum atomic E-state index is 12.6. The number of hydrogen-bond donors (Lipinski definition) is 0. The van der Waals surface area contributed by atoms with Crippen LogP contribution in [0.2, 0.25) is 0 Å². The van der Waals surface area contributed by atoms with Crippen LogP contribution in [0.3, 0.4) is 0 Å². The molecule has 20 heavy (non-hydrogen) atoms. The number of amides is 1. The van der Waals surface area contributed by atoms with Gasteiger partial charge in [-0.15, -0.1) is 6.58 Å². The van der Waals surface area contributed by atoms with E-state index in [1.54, 1.807) is 6.20 Å². The maximum Gasteiger partial charge on any atom is 0.255 e. The van der Waals surface area contributed by atoms with E-state index >= 15 is 0 Å². The molecule has 0 aliphatic carbocycles. The van der Waals surface area contributed by atoms with Crippen LogP contribution in [-0.4, -0.2) is 52.4 Å². The first-order valence-corrected chi connectivity index (χ1v) is 7.29. The van der Waals surface area contributed by atoms with E-state index in [1.807, 2.05) is 30.0 Å². The van der Waals surface area contributed by atoms with Crippen molar-refractivity contribution in [2.24, 2.45) is 0 Å². The minimum atomic E-state index is 0.130.